The molecule has 0 unspecified atom stereocenters. The molecule has 8 heteroatoms. The summed E-state index contributed by atoms with van der Waals surface area (Å²) in [4.78, 5) is 4.54. The van der Waals surface area contributed by atoms with E-state index in [-0.39, 0.29) is 16.2 Å². The third-order valence-electron chi connectivity index (χ3n) is 7.55. The molecule has 1 aliphatic heterocycles. The first kappa shape index (κ1) is 24.1. The number of hydrogen-bond acceptors (Lipinski definition) is 5. The summed E-state index contributed by atoms with van der Waals surface area (Å²) < 4.78 is 20.8. The maximum absolute atomic E-state index is 6.38. The Kier molecular flexibility index (Phi) is 5.89. The molecule has 0 aliphatic carbocycles. The van der Waals surface area contributed by atoms with Gasteiger partial charge in [-0.05, 0) is 69.5 Å². The Morgan fingerprint density at radius 2 is 1.70 bits per heavy atom. The quantitative estimate of drug-likeness (QED) is 0.483. The SMILES string of the molecule is CC1(C)OB(c2ccc3cnn(-c4ccnc(CO[Si](C)(C)C(C)(C)C)c4)c3c2)OC1(C)C. The van der Waals surface area contributed by atoms with Gasteiger partial charge in [0.2, 0.25) is 0 Å². The first-order valence-electron chi connectivity index (χ1n) is 11.6. The van der Waals surface area contributed by atoms with Crippen LogP contribution in [0.3, 0.4) is 0 Å². The molecule has 2 aromatic heterocycles. The fourth-order valence-electron chi connectivity index (χ4n) is 3.51. The minimum atomic E-state index is -1.85. The summed E-state index contributed by atoms with van der Waals surface area (Å²) in [5, 5.41) is 5.88. The van der Waals surface area contributed by atoms with E-state index in [2.05, 4.69) is 95.9 Å². The standard InChI is InChI=1S/C25H36BN3O3Si/c1-23(2,3)33(8,9)30-17-20-15-21(12-13-27-20)29-22-14-19(11-10-18(22)16-28-29)26-31-24(4,5)25(6,7)32-26/h10-16H,17H2,1-9H3. The number of benzene rings is 1. The van der Waals surface area contributed by atoms with Gasteiger partial charge in [0.25, 0.3) is 0 Å². The number of hydrogen-bond donors (Lipinski definition) is 0. The summed E-state index contributed by atoms with van der Waals surface area (Å²) in [6.45, 7) is 20.0. The molecule has 3 heterocycles. The lowest BCUT2D eigenvalue weighted by atomic mass is 9.79. The Morgan fingerprint density at radius 1 is 1.03 bits per heavy atom. The summed E-state index contributed by atoms with van der Waals surface area (Å²) >= 11 is 0. The van der Waals surface area contributed by atoms with Crippen LogP contribution in [0.2, 0.25) is 18.1 Å². The van der Waals surface area contributed by atoms with E-state index in [0.29, 0.717) is 6.61 Å². The normalized spacial score (nSPS) is 18.3. The van der Waals surface area contributed by atoms with Crippen LogP contribution in [0.4, 0.5) is 0 Å². The maximum atomic E-state index is 6.38. The Labute approximate surface area is 198 Å². The average Bonchev–Trinajstić information content (AvgIpc) is 3.23. The molecule has 176 valence electrons. The third kappa shape index (κ3) is 4.54. The Bertz CT molecular complexity index is 1150. The van der Waals surface area contributed by atoms with Gasteiger partial charge in [-0.3, -0.25) is 4.98 Å². The van der Waals surface area contributed by atoms with Crippen molar-refractivity contribution in [2.45, 2.75) is 84.4 Å². The van der Waals surface area contributed by atoms with E-state index in [0.717, 1.165) is 27.7 Å². The van der Waals surface area contributed by atoms with Crippen LogP contribution in [0.1, 0.15) is 54.2 Å². The van der Waals surface area contributed by atoms with Gasteiger partial charge < -0.3 is 13.7 Å². The first-order chi connectivity index (χ1) is 15.2. The van der Waals surface area contributed by atoms with Crippen LogP contribution >= 0.6 is 0 Å². The van der Waals surface area contributed by atoms with Crippen LogP contribution < -0.4 is 5.46 Å². The predicted molar refractivity (Wildman–Crippen MR) is 137 cm³/mol. The molecule has 4 rings (SSSR count). The summed E-state index contributed by atoms with van der Waals surface area (Å²) in [6, 6.07) is 10.3. The zero-order valence-electron chi connectivity index (χ0n) is 21.4. The molecule has 1 aliphatic rings. The van der Waals surface area contributed by atoms with Gasteiger partial charge in [-0.1, -0.05) is 32.9 Å². The van der Waals surface area contributed by atoms with Crippen LogP contribution in [-0.2, 0) is 20.3 Å². The van der Waals surface area contributed by atoms with Gasteiger partial charge in [0.05, 0.1) is 40.9 Å². The van der Waals surface area contributed by atoms with Gasteiger partial charge >= 0.3 is 7.12 Å². The van der Waals surface area contributed by atoms with Crippen molar-refractivity contribution in [1.29, 1.82) is 0 Å². The molecule has 1 fully saturated rings. The minimum absolute atomic E-state index is 0.159. The van der Waals surface area contributed by atoms with E-state index in [1.165, 1.54) is 0 Å². The molecule has 0 saturated carbocycles. The highest BCUT2D eigenvalue weighted by Gasteiger charge is 2.51. The highest BCUT2D eigenvalue weighted by molar-refractivity contribution is 6.74. The summed E-state index contributed by atoms with van der Waals surface area (Å²) in [5.41, 5.74) is 3.10. The van der Waals surface area contributed by atoms with Crippen molar-refractivity contribution < 1.29 is 13.7 Å². The average molecular weight is 465 g/mol. The van der Waals surface area contributed by atoms with Crippen LogP contribution in [0.25, 0.3) is 16.6 Å². The highest BCUT2D eigenvalue weighted by atomic mass is 28.4. The van der Waals surface area contributed by atoms with Gasteiger partial charge in [0.15, 0.2) is 8.32 Å². The van der Waals surface area contributed by atoms with Gasteiger partial charge in [-0.15, -0.1) is 0 Å². The molecule has 0 atom stereocenters. The van der Waals surface area contributed by atoms with Crippen LogP contribution in [0.15, 0.2) is 42.7 Å². The third-order valence-corrected chi connectivity index (χ3v) is 12.0. The van der Waals surface area contributed by atoms with E-state index in [4.69, 9.17) is 13.7 Å². The molecular weight excluding hydrogens is 429 g/mol. The fraction of sp³-hybridized carbons (Fsp3) is 0.520. The van der Waals surface area contributed by atoms with E-state index in [1.807, 2.05) is 23.1 Å². The molecular formula is C25H36BN3O3Si. The number of rotatable bonds is 5. The largest absolute Gasteiger partial charge is 0.494 e. The van der Waals surface area contributed by atoms with Crippen molar-refractivity contribution in [2.24, 2.45) is 0 Å². The zero-order valence-corrected chi connectivity index (χ0v) is 22.4. The first-order valence-corrected chi connectivity index (χ1v) is 14.5. The Balaban J connectivity index is 1.62. The van der Waals surface area contributed by atoms with Crippen LogP contribution in [0.5, 0.6) is 0 Å². The van der Waals surface area contributed by atoms with Gasteiger partial charge in [0.1, 0.15) is 0 Å². The second kappa shape index (κ2) is 8.05. The Hall–Kier alpha value is -2.00. The van der Waals surface area contributed by atoms with E-state index >= 15 is 0 Å². The van der Waals surface area contributed by atoms with E-state index in [9.17, 15) is 0 Å². The van der Waals surface area contributed by atoms with Gasteiger partial charge in [-0.25, -0.2) is 4.68 Å². The van der Waals surface area contributed by atoms with Crippen LogP contribution in [-0.4, -0.2) is 41.4 Å². The fourth-order valence-corrected chi connectivity index (χ4v) is 4.46. The van der Waals surface area contributed by atoms with Crippen molar-refractivity contribution in [3.8, 4) is 5.69 Å². The van der Waals surface area contributed by atoms with Gasteiger partial charge in [-0.2, -0.15) is 5.10 Å². The van der Waals surface area contributed by atoms with Crippen molar-refractivity contribution in [1.82, 2.24) is 14.8 Å². The van der Waals surface area contributed by atoms with Crippen LogP contribution in [0, 0.1) is 0 Å². The monoisotopic (exact) mass is 465 g/mol. The lowest BCUT2D eigenvalue weighted by Gasteiger charge is -2.36. The van der Waals surface area contributed by atoms with Crippen molar-refractivity contribution >= 4 is 31.8 Å². The number of pyridine rings is 1. The molecule has 1 aromatic carbocycles. The van der Waals surface area contributed by atoms with Crippen molar-refractivity contribution in [2.75, 3.05) is 0 Å². The van der Waals surface area contributed by atoms with E-state index in [1.54, 1.807) is 0 Å². The topological polar surface area (TPSA) is 58.4 Å². The minimum Gasteiger partial charge on any atom is -0.411 e. The maximum Gasteiger partial charge on any atom is 0.494 e. The smallest absolute Gasteiger partial charge is 0.411 e. The molecule has 1 saturated heterocycles. The summed E-state index contributed by atoms with van der Waals surface area (Å²) in [5.74, 6) is 0. The Morgan fingerprint density at radius 3 is 2.33 bits per heavy atom. The highest BCUT2D eigenvalue weighted by Crippen LogP contribution is 2.38. The van der Waals surface area contributed by atoms with Crippen molar-refractivity contribution in [3.63, 3.8) is 0 Å². The number of aromatic nitrogens is 3. The lowest BCUT2D eigenvalue weighted by Crippen LogP contribution is -2.41. The number of fused-ring (bicyclic) bond motifs is 1. The molecule has 0 bridgehead atoms. The second-order valence-corrected chi connectivity index (χ2v) is 16.3. The van der Waals surface area contributed by atoms with E-state index < -0.39 is 15.4 Å². The predicted octanol–water partition coefficient (Wildman–Crippen LogP) is 5.24. The molecule has 3 aromatic rings. The molecule has 0 radical (unpaired) electrons. The molecule has 33 heavy (non-hydrogen) atoms. The second-order valence-electron chi connectivity index (χ2n) is 11.5. The lowest BCUT2D eigenvalue weighted by molar-refractivity contribution is 0.00578. The van der Waals surface area contributed by atoms with Gasteiger partial charge in [0, 0.05) is 11.6 Å². The molecule has 0 spiro atoms. The number of nitrogens with zero attached hydrogens (tertiary/aromatic N) is 3. The molecule has 0 N–H and O–H groups in total. The zero-order chi connectivity index (χ0) is 24.2. The van der Waals surface area contributed by atoms with Crippen molar-refractivity contribution in [3.05, 3.63) is 48.4 Å². The molecule has 6 nitrogen and oxygen atoms in total. The summed E-state index contributed by atoms with van der Waals surface area (Å²) in [7, 11) is -2.26. The summed E-state index contributed by atoms with van der Waals surface area (Å²) in [6.07, 6.45) is 3.71. The molecule has 0 amide bonds.